The molecule has 0 atom stereocenters. The zero-order valence-electron chi connectivity index (χ0n) is 12.8. The van der Waals surface area contributed by atoms with Gasteiger partial charge >= 0.3 is 0 Å². The number of nitrogens with zero attached hydrogens (tertiary/aromatic N) is 2. The fourth-order valence-corrected chi connectivity index (χ4v) is 2.69. The second-order valence-corrected chi connectivity index (χ2v) is 6.56. The van der Waals surface area contributed by atoms with Gasteiger partial charge < -0.3 is 5.73 Å². The topological polar surface area (TPSA) is 32.5 Å². The lowest BCUT2D eigenvalue weighted by molar-refractivity contribution is 0.0586. The minimum absolute atomic E-state index is 0.125. The van der Waals surface area contributed by atoms with Gasteiger partial charge in [-0.05, 0) is 32.4 Å². The van der Waals surface area contributed by atoms with Crippen LogP contribution in [0.25, 0.3) is 0 Å². The van der Waals surface area contributed by atoms with E-state index in [1.807, 2.05) is 6.07 Å². The van der Waals surface area contributed by atoms with Crippen LogP contribution in [-0.4, -0.2) is 41.5 Å². The number of piperazine rings is 1. The molecule has 112 valence electrons. The first-order chi connectivity index (χ1) is 9.40. The summed E-state index contributed by atoms with van der Waals surface area (Å²) < 4.78 is 13.8. The average Bonchev–Trinajstić information content (AvgIpc) is 2.41. The second-order valence-electron chi connectivity index (χ2n) is 6.56. The van der Waals surface area contributed by atoms with Gasteiger partial charge in [-0.25, -0.2) is 4.39 Å². The Morgan fingerprint density at radius 1 is 1.15 bits per heavy atom. The molecule has 2 rings (SSSR count). The van der Waals surface area contributed by atoms with Gasteiger partial charge in [-0.1, -0.05) is 12.1 Å². The highest BCUT2D eigenvalue weighted by Gasteiger charge is 2.25. The van der Waals surface area contributed by atoms with Crippen LogP contribution in [0.4, 0.5) is 4.39 Å². The molecule has 0 unspecified atom stereocenters. The molecule has 20 heavy (non-hydrogen) atoms. The molecule has 0 aromatic heterocycles. The zero-order valence-corrected chi connectivity index (χ0v) is 12.8. The monoisotopic (exact) mass is 279 g/mol. The summed E-state index contributed by atoms with van der Waals surface area (Å²) in [5.74, 6) is -0.125. The number of benzene rings is 1. The Morgan fingerprint density at radius 3 is 2.35 bits per heavy atom. The number of rotatable bonds is 3. The van der Waals surface area contributed by atoms with Crippen molar-refractivity contribution < 1.29 is 4.39 Å². The van der Waals surface area contributed by atoms with Crippen molar-refractivity contribution in [3.63, 3.8) is 0 Å². The molecule has 3 nitrogen and oxygen atoms in total. The van der Waals surface area contributed by atoms with Crippen molar-refractivity contribution in [3.8, 4) is 0 Å². The molecule has 0 radical (unpaired) electrons. The van der Waals surface area contributed by atoms with Crippen molar-refractivity contribution in [1.82, 2.24) is 9.80 Å². The third kappa shape index (κ3) is 3.78. The number of nitrogens with two attached hydrogens (primary N) is 1. The summed E-state index contributed by atoms with van der Waals surface area (Å²) in [4.78, 5) is 4.80. The third-order valence-electron chi connectivity index (χ3n) is 4.06. The van der Waals surface area contributed by atoms with Gasteiger partial charge in [-0.15, -0.1) is 0 Å². The third-order valence-corrected chi connectivity index (χ3v) is 4.06. The molecular formula is C16H26FN3. The fourth-order valence-electron chi connectivity index (χ4n) is 2.69. The van der Waals surface area contributed by atoms with Gasteiger partial charge in [0.05, 0.1) is 0 Å². The summed E-state index contributed by atoms with van der Waals surface area (Å²) in [5.41, 5.74) is 7.60. The molecule has 1 aliphatic rings. The summed E-state index contributed by atoms with van der Waals surface area (Å²) in [7, 11) is 0. The molecule has 0 spiro atoms. The van der Waals surface area contributed by atoms with Gasteiger partial charge in [-0.3, -0.25) is 9.80 Å². The first-order valence-electron chi connectivity index (χ1n) is 7.35. The van der Waals surface area contributed by atoms with Crippen molar-refractivity contribution in [2.45, 2.75) is 39.4 Å². The van der Waals surface area contributed by atoms with E-state index in [9.17, 15) is 4.39 Å². The summed E-state index contributed by atoms with van der Waals surface area (Å²) in [6.45, 7) is 11.9. The van der Waals surface area contributed by atoms with Crippen molar-refractivity contribution in [1.29, 1.82) is 0 Å². The predicted molar refractivity (Wildman–Crippen MR) is 80.9 cm³/mol. The molecule has 1 saturated heterocycles. The lowest BCUT2D eigenvalue weighted by Crippen LogP contribution is -2.53. The number of halogens is 1. The Balaban J connectivity index is 1.96. The number of hydrogen-bond donors (Lipinski definition) is 1. The highest BCUT2D eigenvalue weighted by molar-refractivity contribution is 5.25. The largest absolute Gasteiger partial charge is 0.326 e. The van der Waals surface area contributed by atoms with E-state index in [0.29, 0.717) is 13.1 Å². The van der Waals surface area contributed by atoms with Crippen LogP contribution in [-0.2, 0) is 13.1 Å². The van der Waals surface area contributed by atoms with Gasteiger partial charge in [0.1, 0.15) is 5.82 Å². The van der Waals surface area contributed by atoms with Crippen molar-refractivity contribution >= 4 is 0 Å². The summed E-state index contributed by atoms with van der Waals surface area (Å²) in [6, 6.07) is 5.19. The zero-order chi connectivity index (χ0) is 14.8. The van der Waals surface area contributed by atoms with Crippen LogP contribution in [0.15, 0.2) is 18.2 Å². The molecule has 0 saturated carbocycles. The Kier molecular flexibility index (Phi) is 4.78. The first kappa shape index (κ1) is 15.4. The van der Waals surface area contributed by atoms with Crippen LogP contribution in [0.2, 0.25) is 0 Å². The van der Waals surface area contributed by atoms with Gasteiger partial charge in [0.2, 0.25) is 0 Å². The second kappa shape index (κ2) is 6.20. The van der Waals surface area contributed by atoms with Gasteiger partial charge in [0, 0.05) is 50.4 Å². The predicted octanol–water partition coefficient (Wildman–Crippen LogP) is 2.20. The minimum Gasteiger partial charge on any atom is -0.326 e. The van der Waals surface area contributed by atoms with E-state index in [-0.39, 0.29) is 11.4 Å². The van der Waals surface area contributed by atoms with E-state index in [2.05, 4.69) is 30.6 Å². The van der Waals surface area contributed by atoms with Crippen LogP contribution >= 0.6 is 0 Å². The Bertz CT molecular complexity index is 446. The summed E-state index contributed by atoms with van der Waals surface area (Å²) in [6.07, 6.45) is 0. The maximum atomic E-state index is 13.8. The fraction of sp³-hybridized carbons (Fsp3) is 0.625. The van der Waals surface area contributed by atoms with Crippen molar-refractivity contribution in [2.75, 3.05) is 26.2 Å². The van der Waals surface area contributed by atoms with Crippen LogP contribution < -0.4 is 5.73 Å². The highest BCUT2D eigenvalue weighted by Crippen LogP contribution is 2.18. The molecule has 1 aromatic carbocycles. The molecule has 2 N–H and O–H groups in total. The molecule has 0 amide bonds. The lowest BCUT2D eigenvalue weighted by Gasteiger charge is -2.42. The molecular weight excluding hydrogens is 253 g/mol. The highest BCUT2D eigenvalue weighted by atomic mass is 19.1. The maximum absolute atomic E-state index is 13.8. The van der Waals surface area contributed by atoms with E-state index in [1.165, 1.54) is 6.07 Å². The Hall–Kier alpha value is -0.970. The summed E-state index contributed by atoms with van der Waals surface area (Å²) in [5, 5.41) is 0. The normalized spacial score (nSPS) is 18.4. The van der Waals surface area contributed by atoms with E-state index in [0.717, 1.165) is 37.3 Å². The summed E-state index contributed by atoms with van der Waals surface area (Å²) >= 11 is 0. The molecule has 1 heterocycles. The van der Waals surface area contributed by atoms with Gasteiger partial charge in [-0.2, -0.15) is 0 Å². The van der Waals surface area contributed by atoms with Crippen molar-refractivity contribution in [3.05, 3.63) is 35.1 Å². The smallest absolute Gasteiger partial charge is 0.127 e. The molecule has 0 aliphatic carbocycles. The molecule has 4 heteroatoms. The lowest BCUT2D eigenvalue weighted by atomic mass is 10.0. The first-order valence-corrected chi connectivity index (χ1v) is 7.35. The molecule has 1 aromatic rings. The van der Waals surface area contributed by atoms with Crippen LogP contribution in [0.3, 0.4) is 0 Å². The van der Waals surface area contributed by atoms with Gasteiger partial charge in [0.15, 0.2) is 0 Å². The average molecular weight is 279 g/mol. The maximum Gasteiger partial charge on any atom is 0.127 e. The molecule has 1 fully saturated rings. The standard InChI is InChI=1S/C16H26FN3/c1-16(2,3)20-8-6-19(7-9-20)12-14-10-13(11-18)4-5-15(14)17/h4-5,10H,6-9,11-12,18H2,1-3H3. The SMILES string of the molecule is CC(C)(C)N1CCN(Cc2cc(CN)ccc2F)CC1. The molecule has 0 bridgehead atoms. The van der Waals surface area contributed by atoms with E-state index in [4.69, 9.17) is 5.73 Å². The quantitative estimate of drug-likeness (QED) is 0.920. The minimum atomic E-state index is -0.125. The van der Waals surface area contributed by atoms with E-state index >= 15 is 0 Å². The van der Waals surface area contributed by atoms with E-state index < -0.39 is 0 Å². The van der Waals surface area contributed by atoms with Crippen LogP contribution in [0, 0.1) is 5.82 Å². The van der Waals surface area contributed by atoms with Crippen molar-refractivity contribution in [2.24, 2.45) is 5.73 Å². The Morgan fingerprint density at radius 2 is 1.80 bits per heavy atom. The Labute approximate surface area is 121 Å². The van der Waals surface area contributed by atoms with Crippen LogP contribution in [0.5, 0.6) is 0 Å². The molecule has 1 aliphatic heterocycles. The number of hydrogen-bond acceptors (Lipinski definition) is 3. The van der Waals surface area contributed by atoms with Gasteiger partial charge in [0.25, 0.3) is 0 Å². The van der Waals surface area contributed by atoms with E-state index in [1.54, 1.807) is 6.07 Å². The van der Waals surface area contributed by atoms with Crippen LogP contribution in [0.1, 0.15) is 31.9 Å².